The molecule has 0 aliphatic heterocycles. The summed E-state index contributed by atoms with van der Waals surface area (Å²) in [6.45, 7) is 7.19. The molecule has 0 spiro atoms. The van der Waals surface area contributed by atoms with Gasteiger partial charge in [-0.15, -0.1) is 0 Å². The molecule has 0 heterocycles. The molecule has 0 bridgehead atoms. The van der Waals surface area contributed by atoms with E-state index in [-0.39, 0.29) is 30.1 Å². The highest BCUT2D eigenvalue weighted by atomic mass is 19.1. The van der Waals surface area contributed by atoms with E-state index in [2.05, 4.69) is 0 Å². The van der Waals surface area contributed by atoms with E-state index >= 15 is 0 Å². The van der Waals surface area contributed by atoms with Gasteiger partial charge in [-0.25, -0.2) is 4.39 Å². The monoisotopic (exact) mass is 283 g/mol. The number of hydrogen-bond acceptors (Lipinski definition) is 4. The van der Waals surface area contributed by atoms with Crippen molar-refractivity contribution in [2.75, 3.05) is 26.3 Å². The Morgan fingerprint density at radius 1 is 1.35 bits per heavy atom. The number of para-hydroxylation sites is 1. The summed E-state index contributed by atoms with van der Waals surface area (Å²) < 4.78 is 23.7. The van der Waals surface area contributed by atoms with Gasteiger partial charge in [0.15, 0.2) is 11.6 Å². The summed E-state index contributed by atoms with van der Waals surface area (Å²) in [4.78, 5) is 13.4. The van der Waals surface area contributed by atoms with E-state index < -0.39 is 0 Å². The fourth-order valence-corrected chi connectivity index (χ4v) is 1.73. The summed E-state index contributed by atoms with van der Waals surface area (Å²) in [6, 6.07) is 6.46. The number of nitrogens with zero attached hydrogens (tertiary/aromatic N) is 1. The third-order valence-corrected chi connectivity index (χ3v) is 2.84. The molecule has 0 aromatic heterocycles. The van der Waals surface area contributed by atoms with Gasteiger partial charge in [-0.3, -0.25) is 9.69 Å². The molecule has 20 heavy (non-hydrogen) atoms. The van der Waals surface area contributed by atoms with Gasteiger partial charge in [0.1, 0.15) is 6.61 Å². The number of esters is 1. The molecule has 112 valence electrons. The Morgan fingerprint density at radius 2 is 2.05 bits per heavy atom. The number of carbonyl (C=O) groups excluding carboxylic acids is 1. The lowest BCUT2D eigenvalue weighted by atomic mass is 10.3. The van der Waals surface area contributed by atoms with Crippen molar-refractivity contribution >= 4 is 5.97 Å². The number of benzene rings is 1. The standard InChI is InChI=1S/C15H22FNO3/c1-4-19-15(18)11-17(12(2)3)9-10-20-14-8-6-5-7-13(14)16/h5-8,12H,4,9-11H2,1-3H3. The van der Waals surface area contributed by atoms with E-state index in [0.717, 1.165) is 0 Å². The smallest absolute Gasteiger partial charge is 0.320 e. The Balaban J connectivity index is 2.43. The molecule has 5 heteroatoms. The van der Waals surface area contributed by atoms with Crippen molar-refractivity contribution in [3.05, 3.63) is 30.1 Å². The molecule has 0 radical (unpaired) electrons. The van der Waals surface area contributed by atoms with Crippen LogP contribution in [0.15, 0.2) is 24.3 Å². The van der Waals surface area contributed by atoms with Crippen LogP contribution in [0.2, 0.25) is 0 Å². The molecule has 0 aliphatic rings. The fourth-order valence-electron chi connectivity index (χ4n) is 1.73. The third-order valence-electron chi connectivity index (χ3n) is 2.84. The van der Waals surface area contributed by atoms with Gasteiger partial charge in [0.2, 0.25) is 0 Å². The lowest BCUT2D eigenvalue weighted by Crippen LogP contribution is -2.39. The van der Waals surface area contributed by atoms with Crippen LogP contribution >= 0.6 is 0 Å². The molecule has 0 unspecified atom stereocenters. The average molecular weight is 283 g/mol. The summed E-state index contributed by atoms with van der Waals surface area (Å²) in [5.41, 5.74) is 0. The minimum absolute atomic E-state index is 0.184. The summed E-state index contributed by atoms with van der Waals surface area (Å²) in [6.07, 6.45) is 0. The van der Waals surface area contributed by atoms with E-state index in [1.54, 1.807) is 25.1 Å². The highest BCUT2D eigenvalue weighted by Gasteiger charge is 2.15. The number of rotatable bonds is 8. The Bertz CT molecular complexity index is 423. The van der Waals surface area contributed by atoms with Crippen LogP contribution in [-0.2, 0) is 9.53 Å². The van der Waals surface area contributed by atoms with E-state index in [4.69, 9.17) is 9.47 Å². The molecule has 0 saturated carbocycles. The van der Waals surface area contributed by atoms with Gasteiger partial charge >= 0.3 is 5.97 Å². The van der Waals surface area contributed by atoms with Crippen LogP contribution in [-0.4, -0.2) is 43.2 Å². The maximum Gasteiger partial charge on any atom is 0.320 e. The van der Waals surface area contributed by atoms with Crippen LogP contribution in [0.5, 0.6) is 5.75 Å². The average Bonchev–Trinajstić information content (AvgIpc) is 2.40. The van der Waals surface area contributed by atoms with E-state index in [1.807, 2.05) is 18.7 Å². The molecule has 1 aromatic carbocycles. The van der Waals surface area contributed by atoms with Gasteiger partial charge in [-0.05, 0) is 32.9 Å². The second kappa shape index (κ2) is 8.53. The van der Waals surface area contributed by atoms with Crippen LogP contribution in [0, 0.1) is 5.82 Å². The zero-order chi connectivity index (χ0) is 15.0. The quantitative estimate of drug-likeness (QED) is 0.687. The Kier molecular flexibility index (Phi) is 7.01. The number of ether oxygens (including phenoxy) is 2. The maximum atomic E-state index is 13.4. The van der Waals surface area contributed by atoms with Crippen molar-refractivity contribution in [3.8, 4) is 5.75 Å². The third kappa shape index (κ3) is 5.57. The van der Waals surface area contributed by atoms with Crippen LogP contribution < -0.4 is 4.74 Å². The van der Waals surface area contributed by atoms with Crippen molar-refractivity contribution in [2.45, 2.75) is 26.8 Å². The van der Waals surface area contributed by atoms with Gasteiger partial charge in [0.05, 0.1) is 13.2 Å². The van der Waals surface area contributed by atoms with Crippen molar-refractivity contribution in [2.24, 2.45) is 0 Å². The van der Waals surface area contributed by atoms with Crippen molar-refractivity contribution in [1.82, 2.24) is 4.90 Å². The largest absolute Gasteiger partial charge is 0.489 e. The Hall–Kier alpha value is -1.62. The molecule has 0 saturated heterocycles. The Labute approximate surface area is 119 Å². The van der Waals surface area contributed by atoms with Gasteiger partial charge in [-0.1, -0.05) is 12.1 Å². The summed E-state index contributed by atoms with van der Waals surface area (Å²) in [7, 11) is 0. The number of hydrogen-bond donors (Lipinski definition) is 0. The van der Waals surface area contributed by atoms with Crippen molar-refractivity contribution < 1.29 is 18.7 Å². The fraction of sp³-hybridized carbons (Fsp3) is 0.533. The van der Waals surface area contributed by atoms with Gasteiger partial charge in [0.25, 0.3) is 0 Å². The molecule has 1 rings (SSSR count). The first-order chi connectivity index (χ1) is 9.54. The first-order valence-corrected chi connectivity index (χ1v) is 6.81. The molecular weight excluding hydrogens is 261 g/mol. The summed E-state index contributed by atoms with van der Waals surface area (Å²) in [5.74, 6) is -0.409. The minimum atomic E-state index is -0.381. The summed E-state index contributed by atoms with van der Waals surface area (Å²) >= 11 is 0. The number of carbonyl (C=O) groups is 1. The van der Waals surface area contributed by atoms with Gasteiger partial charge < -0.3 is 9.47 Å². The zero-order valence-electron chi connectivity index (χ0n) is 12.3. The van der Waals surface area contributed by atoms with Crippen LogP contribution in [0.1, 0.15) is 20.8 Å². The maximum absolute atomic E-state index is 13.4. The highest BCUT2D eigenvalue weighted by Crippen LogP contribution is 2.15. The predicted octanol–water partition coefficient (Wildman–Crippen LogP) is 2.48. The topological polar surface area (TPSA) is 38.8 Å². The van der Waals surface area contributed by atoms with Crippen LogP contribution in [0.25, 0.3) is 0 Å². The molecule has 1 aromatic rings. The van der Waals surface area contributed by atoms with Crippen LogP contribution in [0.3, 0.4) is 0 Å². The molecule has 0 N–H and O–H groups in total. The van der Waals surface area contributed by atoms with Crippen molar-refractivity contribution in [3.63, 3.8) is 0 Å². The van der Waals surface area contributed by atoms with Gasteiger partial charge in [0, 0.05) is 12.6 Å². The first kappa shape index (κ1) is 16.4. The SMILES string of the molecule is CCOC(=O)CN(CCOc1ccccc1F)C(C)C. The highest BCUT2D eigenvalue weighted by molar-refractivity contribution is 5.71. The number of halogens is 1. The second-order valence-corrected chi connectivity index (χ2v) is 4.65. The lowest BCUT2D eigenvalue weighted by molar-refractivity contribution is -0.145. The predicted molar refractivity (Wildman–Crippen MR) is 75.2 cm³/mol. The minimum Gasteiger partial charge on any atom is -0.489 e. The molecular formula is C15H22FNO3. The Morgan fingerprint density at radius 3 is 2.65 bits per heavy atom. The van der Waals surface area contributed by atoms with Crippen molar-refractivity contribution in [1.29, 1.82) is 0 Å². The van der Waals surface area contributed by atoms with E-state index in [0.29, 0.717) is 19.8 Å². The molecule has 0 fully saturated rings. The van der Waals surface area contributed by atoms with E-state index in [1.165, 1.54) is 6.07 Å². The first-order valence-electron chi connectivity index (χ1n) is 6.81. The molecule has 0 aliphatic carbocycles. The molecule has 4 nitrogen and oxygen atoms in total. The zero-order valence-corrected chi connectivity index (χ0v) is 12.3. The van der Waals surface area contributed by atoms with E-state index in [9.17, 15) is 9.18 Å². The molecule has 0 atom stereocenters. The van der Waals surface area contributed by atoms with Gasteiger partial charge in [-0.2, -0.15) is 0 Å². The van der Waals surface area contributed by atoms with Crippen LogP contribution in [0.4, 0.5) is 4.39 Å². The summed E-state index contributed by atoms with van der Waals surface area (Å²) in [5, 5.41) is 0. The normalized spacial score (nSPS) is 10.9. The second-order valence-electron chi connectivity index (χ2n) is 4.65. The lowest BCUT2D eigenvalue weighted by Gasteiger charge is -2.25. The molecule has 0 amide bonds.